The average molecular weight is 397 g/mol. The smallest absolute Gasteiger partial charge is 0.335 e. The molecule has 0 unspecified atom stereocenters. The molecular weight excluding hydrogens is 375 g/mol. The third kappa shape index (κ3) is 3.29. The van der Waals surface area contributed by atoms with E-state index in [0.29, 0.717) is 35.4 Å². The lowest BCUT2D eigenvalue weighted by atomic mass is 9.95. The van der Waals surface area contributed by atoms with Crippen molar-refractivity contribution < 1.29 is 18.0 Å². The van der Waals surface area contributed by atoms with Crippen LogP contribution in [-0.2, 0) is 4.79 Å². The summed E-state index contributed by atoms with van der Waals surface area (Å²) in [5.74, 6) is -1.53. The van der Waals surface area contributed by atoms with Gasteiger partial charge in [-0.3, -0.25) is 9.59 Å². The number of hydrogen-bond donors (Lipinski definition) is 1. The van der Waals surface area contributed by atoms with E-state index in [4.69, 9.17) is 0 Å². The van der Waals surface area contributed by atoms with Crippen LogP contribution in [0.4, 0.5) is 13.2 Å². The van der Waals surface area contributed by atoms with Crippen molar-refractivity contribution in [3.63, 3.8) is 0 Å². The summed E-state index contributed by atoms with van der Waals surface area (Å²) in [6.07, 6.45) is 0.0266. The van der Waals surface area contributed by atoms with Gasteiger partial charge in [0.05, 0.1) is 11.7 Å². The molecule has 1 saturated carbocycles. The van der Waals surface area contributed by atoms with Gasteiger partial charge in [-0.25, -0.2) is 9.67 Å². The van der Waals surface area contributed by atoms with Gasteiger partial charge >= 0.3 is 12.1 Å². The van der Waals surface area contributed by atoms with E-state index in [0.717, 1.165) is 30.6 Å². The summed E-state index contributed by atoms with van der Waals surface area (Å²) in [6.45, 7) is 1.77. The number of aromatic amines is 1. The van der Waals surface area contributed by atoms with Crippen molar-refractivity contribution in [2.45, 2.75) is 63.6 Å². The topological polar surface area (TPSA) is 83.9 Å². The Morgan fingerprint density at radius 1 is 1.14 bits per heavy atom. The lowest BCUT2D eigenvalue weighted by Gasteiger charge is -2.31. The van der Waals surface area contributed by atoms with Gasteiger partial charge in [0.2, 0.25) is 0 Å². The number of aromatic nitrogens is 4. The second-order valence-electron chi connectivity index (χ2n) is 7.68. The van der Waals surface area contributed by atoms with Crippen LogP contribution in [0.1, 0.15) is 62.0 Å². The fourth-order valence-corrected chi connectivity index (χ4v) is 4.36. The maximum atomic E-state index is 12.6. The zero-order valence-electron chi connectivity index (χ0n) is 15.6. The second-order valence-corrected chi connectivity index (χ2v) is 7.68. The highest BCUT2D eigenvalue weighted by atomic mass is 19.4. The number of carbonyl (C=O) groups excluding carboxylic acids is 1. The van der Waals surface area contributed by atoms with E-state index in [1.54, 1.807) is 6.92 Å². The normalized spacial score (nSPS) is 19.6. The zero-order valence-corrected chi connectivity index (χ0v) is 15.6. The van der Waals surface area contributed by atoms with Crippen molar-refractivity contribution in [3.05, 3.63) is 21.9 Å². The van der Waals surface area contributed by atoms with Gasteiger partial charge in [-0.2, -0.15) is 18.3 Å². The number of amides is 1. The molecule has 0 aromatic carbocycles. The first-order valence-corrected chi connectivity index (χ1v) is 9.61. The minimum atomic E-state index is -4.86. The summed E-state index contributed by atoms with van der Waals surface area (Å²) >= 11 is 0. The van der Waals surface area contributed by atoms with Crippen LogP contribution in [-0.4, -0.2) is 49.8 Å². The van der Waals surface area contributed by atoms with Crippen LogP contribution in [0.25, 0.3) is 11.0 Å². The van der Waals surface area contributed by atoms with Crippen molar-refractivity contribution in [2.75, 3.05) is 13.1 Å². The molecule has 10 heteroatoms. The summed E-state index contributed by atoms with van der Waals surface area (Å²) in [7, 11) is 0. The molecule has 2 aromatic heterocycles. The molecule has 2 fully saturated rings. The van der Waals surface area contributed by atoms with Crippen molar-refractivity contribution in [3.8, 4) is 0 Å². The first kappa shape index (κ1) is 18.9. The number of piperidine rings is 1. The Morgan fingerprint density at radius 3 is 2.39 bits per heavy atom. The van der Waals surface area contributed by atoms with E-state index >= 15 is 0 Å². The Hall–Kier alpha value is -2.39. The highest BCUT2D eigenvalue weighted by Crippen LogP contribution is 2.33. The SMILES string of the molecule is Cc1nn(C2CCCC2)c2nc(C3CCN(C(=O)C(F)(F)F)CC3)[nH]c(=O)c12. The molecule has 3 heterocycles. The molecule has 4 rings (SSSR count). The van der Waals surface area contributed by atoms with Crippen LogP contribution in [0.2, 0.25) is 0 Å². The summed E-state index contributed by atoms with van der Waals surface area (Å²) in [5, 5.41) is 5.01. The molecule has 0 bridgehead atoms. The van der Waals surface area contributed by atoms with E-state index in [2.05, 4.69) is 15.1 Å². The molecule has 0 radical (unpaired) electrons. The van der Waals surface area contributed by atoms with Crippen molar-refractivity contribution in [2.24, 2.45) is 0 Å². The number of hydrogen-bond acceptors (Lipinski definition) is 4. The van der Waals surface area contributed by atoms with Gasteiger partial charge in [-0.05, 0) is 32.6 Å². The lowest BCUT2D eigenvalue weighted by Crippen LogP contribution is -2.45. The van der Waals surface area contributed by atoms with Crippen molar-refractivity contribution in [1.82, 2.24) is 24.6 Å². The maximum Gasteiger partial charge on any atom is 0.471 e. The van der Waals surface area contributed by atoms with E-state index in [1.807, 2.05) is 4.68 Å². The Bertz CT molecular complexity index is 951. The number of halogens is 3. The van der Waals surface area contributed by atoms with E-state index in [1.165, 1.54) is 0 Å². The van der Waals surface area contributed by atoms with Crippen LogP contribution in [0.5, 0.6) is 0 Å². The van der Waals surface area contributed by atoms with Crippen LogP contribution >= 0.6 is 0 Å². The van der Waals surface area contributed by atoms with Crippen molar-refractivity contribution in [1.29, 1.82) is 0 Å². The molecule has 1 aliphatic carbocycles. The molecule has 28 heavy (non-hydrogen) atoms. The van der Waals surface area contributed by atoms with Crippen LogP contribution in [0.15, 0.2) is 4.79 Å². The number of likely N-dealkylation sites (tertiary alicyclic amines) is 1. The van der Waals surface area contributed by atoms with Crippen LogP contribution in [0, 0.1) is 6.92 Å². The average Bonchev–Trinajstić information content (AvgIpc) is 3.28. The first-order chi connectivity index (χ1) is 13.3. The number of nitrogens with one attached hydrogen (secondary N) is 1. The molecule has 0 atom stereocenters. The van der Waals surface area contributed by atoms with E-state index in [-0.39, 0.29) is 30.6 Å². The third-order valence-electron chi connectivity index (χ3n) is 5.84. The predicted molar refractivity (Wildman–Crippen MR) is 95.0 cm³/mol. The number of alkyl halides is 3. The van der Waals surface area contributed by atoms with Gasteiger partial charge in [-0.15, -0.1) is 0 Å². The van der Waals surface area contributed by atoms with Crippen LogP contribution < -0.4 is 5.56 Å². The highest BCUT2D eigenvalue weighted by Gasteiger charge is 2.43. The Balaban J connectivity index is 1.61. The summed E-state index contributed by atoms with van der Waals surface area (Å²) in [6, 6.07) is 0.226. The lowest BCUT2D eigenvalue weighted by molar-refractivity contribution is -0.186. The number of carbonyl (C=O) groups is 1. The van der Waals surface area contributed by atoms with Gasteiger partial charge in [0.1, 0.15) is 11.2 Å². The third-order valence-corrected chi connectivity index (χ3v) is 5.84. The minimum absolute atomic E-state index is 0.00826. The molecule has 0 spiro atoms. The maximum absolute atomic E-state index is 12.6. The molecular formula is C18H22F3N5O2. The first-order valence-electron chi connectivity index (χ1n) is 9.61. The molecule has 1 amide bonds. The molecule has 2 aromatic rings. The van der Waals surface area contributed by atoms with Gasteiger partial charge in [0.25, 0.3) is 5.56 Å². The van der Waals surface area contributed by atoms with Crippen LogP contribution in [0.3, 0.4) is 0 Å². The molecule has 7 nitrogen and oxygen atoms in total. The van der Waals surface area contributed by atoms with Gasteiger partial charge in [0.15, 0.2) is 5.65 Å². The number of rotatable bonds is 2. The van der Waals surface area contributed by atoms with Gasteiger partial charge in [0, 0.05) is 19.0 Å². The molecule has 2 aliphatic rings. The Kier molecular flexibility index (Phi) is 4.67. The number of fused-ring (bicyclic) bond motifs is 1. The highest BCUT2D eigenvalue weighted by molar-refractivity contribution is 5.82. The molecule has 1 saturated heterocycles. The second kappa shape index (κ2) is 6.89. The molecule has 1 N–H and O–H groups in total. The van der Waals surface area contributed by atoms with Crippen molar-refractivity contribution >= 4 is 16.9 Å². The quantitative estimate of drug-likeness (QED) is 0.845. The standard InChI is InChI=1S/C18H22F3N5O2/c1-10-13-15(26(24-10)12-4-2-3-5-12)22-14(23-16(13)27)11-6-8-25(9-7-11)17(28)18(19,20)21/h11-12H,2-9H2,1H3,(H,22,23,27). The van der Waals surface area contributed by atoms with Gasteiger partial charge < -0.3 is 9.88 Å². The monoisotopic (exact) mass is 397 g/mol. The predicted octanol–water partition coefficient (Wildman–Crippen LogP) is 2.81. The van der Waals surface area contributed by atoms with E-state index < -0.39 is 12.1 Å². The Morgan fingerprint density at radius 2 is 1.79 bits per heavy atom. The Labute approximate surface area is 158 Å². The fraction of sp³-hybridized carbons (Fsp3) is 0.667. The number of H-pyrrole nitrogens is 1. The van der Waals surface area contributed by atoms with E-state index in [9.17, 15) is 22.8 Å². The molecule has 1 aliphatic heterocycles. The largest absolute Gasteiger partial charge is 0.471 e. The van der Waals surface area contributed by atoms with Gasteiger partial charge in [-0.1, -0.05) is 12.8 Å². The number of nitrogens with zero attached hydrogens (tertiary/aromatic N) is 4. The summed E-state index contributed by atoms with van der Waals surface area (Å²) in [4.78, 5) is 32.3. The number of aryl methyl sites for hydroxylation is 1. The minimum Gasteiger partial charge on any atom is -0.335 e. The zero-order chi connectivity index (χ0) is 20.1. The summed E-state index contributed by atoms with van der Waals surface area (Å²) < 4.78 is 39.7. The fourth-order valence-electron chi connectivity index (χ4n) is 4.36. The summed E-state index contributed by atoms with van der Waals surface area (Å²) in [5.41, 5.74) is 0.917. The molecule has 152 valence electrons.